The molecule has 2 aliphatic rings. The van der Waals surface area contributed by atoms with Crippen molar-refractivity contribution >= 4 is 5.71 Å². The van der Waals surface area contributed by atoms with Gasteiger partial charge in [-0.15, -0.1) is 0 Å². The van der Waals surface area contributed by atoms with E-state index in [9.17, 15) is 13.2 Å². The molecule has 7 heteroatoms. The van der Waals surface area contributed by atoms with E-state index in [2.05, 4.69) is 15.7 Å². The van der Waals surface area contributed by atoms with Crippen molar-refractivity contribution in [3.8, 4) is 0 Å². The second-order valence-electron chi connectivity index (χ2n) is 4.61. The van der Waals surface area contributed by atoms with Crippen LogP contribution in [0.5, 0.6) is 0 Å². The van der Waals surface area contributed by atoms with E-state index in [1.165, 1.54) is 12.1 Å². The summed E-state index contributed by atoms with van der Waals surface area (Å²) in [7, 11) is 1.75. The molecule has 0 saturated carbocycles. The van der Waals surface area contributed by atoms with E-state index in [1.807, 2.05) is 0 Å². The van der Waals surface area contributed by atoms with E-state index >= 15 is 0 Å². The number of aliphatic imine (C=N–C) groups is 1. The molecule has 0 amide bonds. The normalized spacial score (nSPS) is 17.9. The molecule has 3 rings (SSSR count). The van der Waals surface area contributed by atoms with Gasteiger partial charge in [0.25, 0.3) is 0 Å². The first-order chi connectivity index (χ1) is 10.0. The number of nitrogens with one attached hydrogen (secondary N) is 2. The Kier molecular flexibility index (Phi) is 3.21. The third-order valence-corrected chi connectivity index (χ3v) is 3.34. The molecule has 4 nitrogen and oxygen atoms in total. The van der Waals surface area contributed by atoms with Gasteiger partial charge in [-0.25, -0.2) is 10.4 Å². The Hall–Kier alpha value is -2.28. The van der Waals surface area contributed by atoms with Gasteiger partial charge >= 0.3 is 6.18 Å². The van der Waals surface area contributed by atoms with Gasteiger partial charge in [0.15, 0.2) is 5.82 Å². The van der Waals surface area contributed by atoms with Crippen molar-refractivity contribution in [3.63, 3.8) is 0 Å². The third-order valence-electron chi connectivity index (χ3n) is 3.34. The van der Waals surface area contributed by atoms with E-state index in [-0.39, 0.29) is 5.56 Å². The molecule has 2 N–H and O–H groups in total. The van der Waals surface area contributed by atoms with Crippen LogP contribution in [0.3, 0.4) is 0 Å². The predicted octanol–water partition coefficient (Wildman–Crippen LogP) is 2.23. The summed E-state index contributed by atoms with van der Waals surface area (Å²) in [5.41, 5.74) is 3.59. The van der Waals surface area contributed by atoms with Crippen molar-refractivity contribution in [3.05, 3.63) is 59.2 Å². The minimum atomic E-state index is -4.40. The monoisotopic (exact) mass is 294 g/mol. The van der Waals surface area contributed by atoms with E-state index < -0.39 is 11.7 Å². The zero-order valence-electron chi connectivity index (χ0n) is 11.2. The maximum absolute atomic E-state index is 13.1. The van der Waals surface area contributed by atoms with E-state index in [0.29, 0.717) is 18.1 Å². The molecule has 2 heterocycles. The molecule has 0 fully saturated rings. The van der Waals surface area contributed by atoms with Crippen LogP contribution >= 0.6 is 0 Å². The third kappa shape index (κ3) is 2.40. The lowest BCUT2D eigenvalue weighted by molar-refractivity contribution is -0.137. The topological polar surface area (TPSA) is 39.7 Å². The van der Waals surface area contributed by atoms with E-state index in [4.69, 9.17) is 0 Å². The highest BCUT2D eigenvalue weighted by molar-refractivity contribution is 6.10. The van der Waals surface area contributed by atoms with Crippen molar-refractivity contribution in [2.24, 2.45) is 4.99 Å². The first kappa shape index (κ1) is 13.7. The Bertz CT molecular complexity index is 658. The summed E-state index contributed by atoms with van der Waals surface area (Å²) in [6, 6.07) is 5.46. The number of fused-ring (bicyclic) bond motifs is 1. The standard InChI is InChI=1S/C14H13F3N4/c1-18-12-8-19-21-7-6-11(20-13(12)21)9-4-2-3-5-10(9)14(15,16)17/h2-7,18-19H,8H2,1H3. The molecular formula is C14H13F3N4. The fraction of sp³-hybridized carbons (Fsp3) is 0.214. The van der Waals surface area contributed by atoms with Crippen molar-refractivity contribution in [2.75, 3.05) is 13.6 Å². The largest absolute Gasteiger partial charge is 0.417 e. The van der Waals surface area contributed by atoms with Gasteiger partial charge in [-0.1, -0.05) is 18.2 Å². The lowest BCUT2D eigenvalue weighted by atomic mass is 10.0. The Morgan fingerprint density at radius 3 is 2.76 bits per heavy atom. The van der Waals surface area contributed by atoms with Crippen LogP contribution in [0.15, 0.2) is 53.1 Å². The number of rotatable bonds is 2. The quantitative estimate of drug-likeness (QED) is 0.878. The van der Waals surface area contributed by atoms with Gasteiger partial charge < -0.3 is 5.32 Å². The molecule has 0 aliphatic carbocycles. The smallest absolute Gasteiger partial charge is 0.387 e. The van der Waals surface area contributed by atoms with Crippen LogP contribution in [0.2, 0.25) is 0 Å². The molecular weight excluding hydrogens is 281 g/mol. The molecule has 0 saturated heterocycles. The summed E-state index contributed by atoms with van der Waals surface area (Å²) in [5.74, 6) is 0.590. The number of benzene rings is 1. The number of likely N-dealkylation sites (N-methyl/N-ethyl adjacent to an activating group) is 1. The summed E-state index contributed by atoms with van der Waals surface area (Å²) < 4.78 is 39.3. The number of hydrazine groups is 1. The fourth-order valence-electron chi connectivity index (χ4n) is 2.31. The van der Waals surface area contributed by atoms with Crippen LogP contribution in [0.25, 0.3) is 0 Å². The predicted molar refractivity (Wildman–Crippen MR) is 73.0 cm³/mol. The molecule has 21 heavy (non-hydrogen) atoms. The first-order valence-corrected chi connectivity index (χ1v) is 6.38. The molecule has 0 spiro atoms. The highest BCUT2D eigenvalue weighted by Crippen LogP contribution is 2.33. The number of hydrogen-bond acceptors (Lipinski definition) is 4. The van der Waals surface area contributed by atoms with Gasteiger partial charge in [0.05, 0.1) is 23.5 Å². The minimum Gasteiger partial charge on any atom is -0.387 e. The fourth-order valence-corrected chi connectivity index (χ4v) is 2.31. The van der Waals surface area contributed by atoms with Gasteiger partial charge in [-0.3, -0.25) is 5.01 Å². The number of alkyl halides is 3. The molecule has 1 aromatic rings. The molecule has 110 valence electrons. The van der Waals surface area contributed by atoms with Crippen molar-refractivity contribution in [1.29, 1.82) is 0 Å². The van der Waals surface area contributed by atoms with E-state index in [1.54, 1.807) is 30.4 Å². The summed E-state index contributed by atoms with van der Waals surface area (Å²) in [6.45, 7) is 0.563. The van der Waals surface area contributed by atoms with Crippen LogP contribution < -0.4 is 10.7 Å². The zero-order chi connectivity index (χ0) is 15.0. The average molecular weight is 294 g/mol. The molecule has 2 aliphatic heterocycles. The Labute approximate surface area is 119 Å². The Morgan fingerprint density at radius 2 is 2.05 bits per heavy atom. The molecule has 1 aromatic carbocycles. The maximum atomic E-state index is 13.1. The van der Waals surface area contributed by atoms with E-state index in [0.717, 1.165) is 11.8 Å². The summed E-state index contributed by atoms with van der Waals surface area (Å²) in [6.07, 6.45) is -1.16. The molecule has 0 atom stereocenters. The van der Waals surface area contributed by atoms with Gasteiger partial charge in [0.2, 0.25) is 0 Å². The highest BCUT2D eigenvalue weighted by atomic mass is 19.4. The number of hydrogen-bond donors (Lipinski definition) is 2. The van der Waals surface area contributed by atoms with Crippen LogP contribution in [0, 0.1) is 0 Å². The minimum absolute atomic E-state index is 0.0794. The van der Waals surface area contributed by atoms with Gasteiger partial charge in [-0.2, -0.15) is 13.2 Å². The van der Waals surface area contributed by atoms with Crippen molar-refractivity contribution in [2.45, 2.75) is 6.18 Å². The second kappa shape index (κ2) is 4.92. The van der Waals surface area contributed by atoms with Crippen LogP contribution in [-0.4, -0.2) is 24.3 Å². The zero-order valence-corrected chi connectivity index (χ0v) is 11.2. The second-order valence-corrected chi connectivity index (χ2v) is 4.61. The maximum Gasteiger partial charge on any atom is 0.417 e. The molecule has 0 unspecified atom stereocenters. The van der Waals surface area contributed by atoms with Gasteiger partial charge in [-0.05, 0) is 12.1 Å². The lowest BCUT2D eigenvalue weighted by Crippen LogP contribution is -2.28. The number of allylic oxidation sites excluding steroid dienone is 1. The molecule has 0 aromatic heterocycles. The highest BCUT2D eigenvalue weighted by Gasteiger charge is 2.34. The van der Waals surface area contributed by atoms with Crippen LogP contribution in [-0.2, 0) is 6.18 Å². The van der Waals surface area contributed by atoms with Gasteiger partial charge in [0, 0.05) is 18.8 Å². The van der Waals surface area contributed by atoms with Crippen molar-refractivity contribution < 1.29 is 13.2 Å². The summed E-state index contributed by atoms with van der Waals surface area (Å²) in [4.78, 5) is 4.35. The Balaban J connectivity index is 2.08. The molecule has 0 bridgehead atoms. The SMILES string of the molecule is CNC1=C2N=C(c3ccccc3C(F)(F)F)C=CN2NC1. The van der Waals surface area contributed by atoms with Gasteiger partial charge in [0.1, 0.15) is 0 Å². The van der Waals surface area contributed by atoms with Crippen LogP contribution in [0.1, 0.15) is 11.1 Å². The lowest BCUT2D eigenvalue weighted by Gasteiger charge is -2.20. The summed E-state index contributed by atoms with van der Waals surface area (Å²) >= 11 is 0. The first-order valence-electron chi connectivity index (χ1n) is 6.38. The Morgan fingerprint density at radius 1 is 1.29 bits per heavy atom. The van der Waals surface area contributed by atoms with Crippen molar-refractivity contribution in [1.82, 2.24) is 15.8 Å². The average Bonchev–Trinajstić information content (AvgIpc) is 2.88. The summed E-state index contributed by atoms with van der Waals surface area (Å²) in [5, 5.41) is 4.68. The molecule has 0 radical (unpaired) electrons. The number of halogens is 3. The number of nitrogens with zero attached hydrogens (tertiary/aromatic N) is 2. The van der Waals surface area contributed by atoms with Crippen LogP contribution in [0.4, 0.5) is 13.2 Å².